The lowest BCUT2D eigenvalue weighted by Crippen LogP contribution is -2.21. The van der Waals surface area contributed by atoms with E-state index in [1.165, 1.54) is 71.1 Å². The molecule has 0 aliphatic heterocycles. The van der Waals surface area contributed by atoms with Gasteiger partial charge in [-0.3, -0.25) is 9.59 Å². The lowest BCUT2D eigenvalue weighted by atomic mass is 10.1. The largest absolute Gasteiger partial charge is 0.458 e. The van der Waals surface area contributed by atoms with Crippen LogP contribution in [0.25, 0.3) is 0 Å². The number of hydrogen-bond acceptors (Lipinski definition) is 5. The maximum absolute atomic E-state index is 11.7. The average Bonchev–Trinajstić information content (AvgIpc) is 2.68. The number of carbonyl (C=O) groups excluding carboxylic acids is 2. The SMILES string of the molecule is CCCCCCCCOC(CCC(=O)OCC(C)=O)OCCCCCCCC. The summed E-state index contributed by atoms with van der Waals surface area (Å²) < 4.78 is 16.7. The van der Waals surface area contributed by atoms with E-state index in [1.807, 2.05) is 0 Å². The molecule has 0 aliphatic rings. The highest BCUT2D eigenvalue weighted by molar-refractivity contribution is 5.80. The third-order valence-corrected chi connectivity index (χ3v) is 4.62. The fraction of sp³-hybridized carbons (Fsp3) is 0.913. The number of esters is 1. The first-order valence-corrected chi connectivity index (χ1v) is 11.5. The van der Waals surface area contributed by atoms with Crippen molar-refractivity contribution >= 4 is 11.8 Å². The number of ketones is 1. The molecular weight excluding hydrogens is 356 g/mol. The molecule has 0 N–H and O–H groups in total. The molecule has 0 fully saturated rings. The molecule has 0 aromatic rings. The monoisotopic (exact) mass is 400 g/mol. The van der Waals surface area contributed by atoms with Gasteiger partial charge in [0.1, 0.15) is 6.61 Å². The van der Waals surface area contributed by atoms with Crippen molar-refractivity contribution in [1.29, 1.82) is 0 Å². The second-order valence-corrected chi connectivity index (χ2v) is 7.61. The molecule has 0 spiro atoms. The fourth-order valence-corrected chi connectivity index (χ4v) is 2.90. The van der Waals surface area contributed by atoms with Crippen molar-refractivity contribution in [3.05, 3.63) is 0 Å². The Balaban J connectivity index is 4.01. The van der Waals surface area contributed by atoms with Gasteiger partial charge in [-0.2, -0.15) is 0 Å². The summed E-state index contributed by atoms with van der Waals surface area (Å²) in [4.78, 5) is 22.6. The predicted octanol–water partition coefficient (Wildman–Crippen LogP) is 5.98. The summed E-state index contributed by atoms with van der Waals surface area (Å²) >= 11 is 0. The van der Waals surface area contributed by atoms with Gasteiger partial charge in [-0.1, -0.05) is 78.1 Å². The van der Waals surface area contributed by atoms with Crippen LogP contribution in [0.3, 0.4) is 0 Å². The first kappa shape index (κ1) is 27.1. The van der Waals surface area contributed by atoms with Crippen LogP contribution in [0.1, 0.15) is 111 Å². The minimum Gasteiger partial charge on any atom is -0.458 e. The van der Waals surface area contributed by atoms with Gasteiger partial charge in [0.15, 0.2) is 12.1 Å². The van der Waals surface area contributed by atoms with Gasteiger partial charge in [-0.15, -0.1) is 0 Å². The molecule has 0 radical (unpaired) electrons. The molecule has 5 heteroatoms. The van der Waals surface area contributed by atoms with E-state index in [-0.39, 0.29) is 31.1 Å². The van der Waals surface area contributed by atoms with Gasteiger partial charge in [-0.25, -0.2) is 0 Å². The molecule has 0 rings (SSSR count). The summed E-state index contributed by atoms with van der Waals surface area (Å²) in [6, 6.07) is 0. The van der Waals surface area contributed by atoms with E-state index in [2.05, 4.69) is 13.8 Å². The molecule has 5 nitrogen and oxygen atoms in total. The highest BCUT2D eigenvalue weighted by Gasteiger charge is 2.13. The molecule has 0 heterocycles. The maximum Gasteiger partial charge on any atom is 0.306 e. The van der Waals surface area contributed by atoms with Crippen LogP contribution in [0.2, 0.25) is 0 Å². The number of carbonyl (C=O) groups is 2. The predicted molar refractivity (Wildman–Crippen MR) is 113 cm³/mol. The minimum absolute atomic E-state index is 0.149. The molecular formula is C23H44O5. The Morgan fingerprint density at radius 2 is 1.18 bits per heavy atom. The highest BCUT2D eigenvalue weighted by atomic mass is 16.7. The van der Waals surface area contributed by atoms with E-state index in [9.17, 15) is 9.59 Å². The molecule has 28 heavy (non-hydrogen) atoms. The molecule has 0 amide bonds. The number of rotatable bonds is 21. The van der Waals surface area contributed by atoms with Crippen LogP contribution < -0.4 is 0 Å². The van der Waals surface area contributed by atoms with Crippen molar-refractivity contribution in [3.63, 3.8) is 0 Å². The first-order valence-electron chi connectivity index (χ1n) is 11.5. The third kappa shape index (κ3) is 19.8. The van der Waals surface area contributed by atoms with Crippen molar-refractivity contribution in [1.82, 2.24) is 0 Å². The zero-order valence-corrected chi connectivity index (χ0v) is 18.6. The van der Waals surface area contributed by atoms with Gasteiger partial charge in [0.25, 0.3) is 0 Å². The van der Waals surface area contributed by atoms with Crippen LogP contribution in [0.15, 0.2) is 0 Å². The Hall–Kier alpha value is -0.940. The molecule has 0 aromatic carbocycles. The first-order chi connectivity index (χ1) is 13.6. The smallest absolute Gasteiger partial charge is 0.306 e. The fourth-order valence-electron chi connectivity index (χ4n) is 2.90. The van der Waals surface area contributed by atoms with Crippen LogP contribution in [-0.2, 0) is 23.8 Å². The lowest BCUT2D eigenvalue weighted by molar-refractivity contribution is -0.160. The lowest BCUT2D eigenvalue weighted by Gasteiger charge is -2.18. The third-order valence-electron chi connectivity index (χ3n) is 4.62. The van der Waals surface area contributed by atoms with E-state index in [4.69, 9.17) is 14.2 Å². The van der Waals surface area contributed by atoms with E-state index in [0.29, 0.717) is 19.6 Å². The Morgan fingerprint density at radius 3 is 1.64 bits per heavy atom. The van der Waals surface area contributed by atoms with Crippen molar-refractivity contribution in [2.75, 3.05) is 19.8 Å². The van der Waals surface area contributed by atoms with Crippen molar-refractivity contribution < 1.29 is 23.8 Å². The van der Waals surface area contributed by atoms with E-state index in [1.54, 1.807) is 0 Å². The van der Waals surface area contributed by atoms with Gasteiger partial charge in [0, 0.05) is 19.6 Å². The normalized spacial score (nSPS) is 11.1. The number of hydrogen-bond donors (Lipinski definition) is 0. The summed E-state index contributed by atoms with van der Waals surface area (Å²) in [6.45, 7) is 7.02. The van der Waals surface area contributed by atoms with Crippen LogP contribution in [-0.4, -0.2) is 37.9 Å². The quantitative estimate of drug-likeness (QED) is 0.135. The molecule has 0 unspecified atom stereocenters. The van der Waals surface area contributed by atoms with E-state index >= 15 is 0 Å². The second-order valence-electron chi connectivity index (χ2n) is 7.61. The molecule has 0 aliphatic carbocycles. The van der Waals surface area contributed by atoms with E-state index < -0.39 is 0 Å². The Labute approximate surface area is 172 Å². The van der Waals surface area contributed by atoms with Gasteiger partial charge in [0.2, 0.25) is 0 Å². The second kappa shape index (κ2) is 20.8. The van der Waals surface area contributed by atoms with Gasteiger partial charge < -0.3 is 14.2 Å². The highest BCUT2D eigenvalue weighted by Crippen LogP contribution is 2.11. The van der Waals surface area contributed by atoms with Crippen molar-refractivity contribution in [3.8, 4) is 0 Å². The van der Waals surface area contributed by atoms with Gasteiger partial charge in [0.05, 0.1) is 6.42 Å². The zero-order valence-electron chi connectivity index (χ0n) is 18.6. The summed E-state index contributed by atoms with van der Waals surface area (Å²) in [6.07, 6.45) is 14.9. The minimum atomic E-state index is -0.369. The van der Waals surface area contributed by atoms with E-state index in [0.717, 1.165) is 12.8 Å². The summed E-state index contributed by atoms with van der Waals surface area (Å²) in [7, 11) is 0. The molecule has 0 atom stereocenters. The standard InChI is InChI=1S/C23H44O5/c1-4-6-8-10-12-14-18-26-23(17-16-22(25)28-20-21(3)24)27-19-15-13-11-9-7-5-2/h23H,4-20H2,1-3H3. The molecule has 0 saturated carbocycles. The topological polar surface area (TPSA) is 61.8 Å². The Kier molecular flexibility index (Phi) is 20.1. The Bertz CT molecular complexity index is 352. The zero-order chi connectivity index (χ0) is 20.9. The summed E-state index contributed by atoms with van der Waals surface area (Å²) in [5.74, 6) is -0.518. The maximum atomic E-state index is 11.7. The van der Waals surface area contributed by atoms with Crippen LogP contribution in [0.4, 0.5) is 0 Å². The molecule has 0 saturated heterocycles. The molecule has 166 valence electrons. The van der Waals surface area contributed by atoms with Crippen molar-refractivity contribution in [2.45, 2.75) is 117 Å². The number of Topliss-reactive ketones (excluding diaryl/α,β-unsaturated/α-hetero) is 1. The number of unbranched alkanes of at least 4 members (excludes halogenated alkanes) is 10. The van der Waals surface area contributed by atoms with Crippen molar-refractivity contribution in [2.24, 2.45) is 0 Å². The van der Waals surface area contributed by atoms with Crippen LogP contribution in [0.5, 0.6) is 0 Å². The Morgan fingerprint density at radius 1 is 0.714 bits per heavy atom. The molecule has 0 bridgehead atoms. The van der Waals surface area contributed by atoms with Crippen LogP contribution in [0, 0.1) is 0 Å². The number of ether oxygens (including phenoxy) is 3. The van der Waals surface area contributed by atoms with Crippen LogP contribution >= 0.6 is 0 Å². The summed E-state index contributed by atoms with van der Waals surface area (Å²) in [5, 5.41) is 0. The average molecular weight is 401 g/mol. The molecule has 0 aromatic heterocycles. The summed E-state index contributed by atoms with van der Waals surface area (Å²) in [5.41, 5.74) is 0. The van der Waals surface area contributed by atoms with Gasteiger partial charge in [-0.05, 0) is 19.8 Å². The van der Waals surface area contributed by atoms with Gasteiger partial charge >= 0.3 is 5.97 Å².